The monoisotopic (exact) mass is 240 g/mol. The standard InChI is InChI=1S/C11H13FN2O3/c1-2-3-6-13-11(15)8-4-5-9(12)10(7-8)14(16)17/h4-5,7H,2-3,6H2,1H3,(H,13,15). The second-order valence-electron chi connectivity index (χ2n) is 3.53. The third-order valence-corrected chi connectivity index (χ3v) is 2.22. The highest BCUT2D eigenvalue weighted by atomic mass is 19.1. The number of amides is 1. The van der Waals surface area contributed by atoms with Crippen molar-refractivity contribution in [1.82, 2.24) is 5.32 Å². The van der Waals surface area contributed by atoms with Gasteiger partial charge >= 0.3 is 5.69 Å². The molecule has 1 N–H and O–H groups in total. The maximum Gasteiger partial charge on any atom is 0.305 e. The van der Waals surface area contributed by atoms with Gasteiger partial charge in [-0.1, -0.05) is 13.3 Å². The summed E-state index contributed by atoms with van der Waals surface area (Å²) >= 11 is 0. The van der Waals surface area contributed by atoms with Crippen LogP contribution in [0.15, 0.2) is 18.2 Å². The molecule has 0 bridgehead atoms. The molecule has 0 saturated heterocycles. The molecule has 0 heterocycles. The molecule has 6 heteroatoms. The summed E-state index contributed by atoms with van der Waals surface area (Å²) in [6.45, 7) is 2.48. The lowest BCUT2D eigenvalue weighted by atomic mass is 10.2. The van der Waals surface area contributed by atoms with E-state index in [1.807, 2.05) is 6.92 Å². The lowest BCUT2D eigenvalue weighted by molar-refractivity contribution is -0.387. The Kier molecular flexibility index (Phi) is 4.56. The Balaban J connectivity index is 2.81. The van der Waals surface area contributed by atoms with Gasteiger partial charge in [0, 0.05) is 18.2 Å². The van der Waals surface area contributed by atoms with Crippen molar-refractivity contribution in [3.8, 4) is 0 Å². The van der Waals surface area contributed by atoms with Crippen molar-refractivity contribution in [3.05, 3.63) is 39.7 Å². The summed E-state index contributed by atoms with van der Waals surface area (Å²) in [5.41, 5.74) is -0.595. The molecular weight excluding hydrogens is 227 g/mol. The minimum absolute atomic E-state index is 0.0919. The number of nitrogens with one attached hydrogen (secondary N) is 1. The summed E-state index contributed by atoms with van der Waals surface area (Å²) in [4.78, 5) is 21.2. The average molecular weight is 240 g/mol. The van der Waals surface area contributed by atoms with E-state index >= 15 is 0 Å². The van der Waals surface area contributed by atoms with E-state index in [-0.39, 0.29) is 5.56 Å². The Morgan fingerprint density at radius 2 is 2.24 bits per heavy atom. The van der Waals surface area contributed by atoms with Gasteiger partial charge in [-0.3, -0.25) is 14.9 Å². The van der Waals surface area contributed by atoms with Gasteiger partial charge in [0.25, 0.3) is 5.91 Å². The van der Waals surface area contributed by atoms with E-state index in [0.29, 0.717) is 6.54 Å². The number of nitro benzene ring substituents is 1. The molecule has 0 fully saturated rings. The second-order valence-corrected chi connectivity index (χ2v) is 3.53. The summed E-state index contributed by atoms with van der Waals surface area (Å²) in [7, 11) is 0. The first-order chi connectivity index (χ1) is 8.06. The van der Waals surface area contributed by atoms with Crippen molar-refractivity contribution in [1.29, 1.82) is 0 Å². The van der Waals surface area contributed by atoms with Crippen LogP contribution in [0.25, 0.3) is 0 Å². The van der Waals surface area contributed by atoms with Crippen LogP contribution in [-0.2, 0) is 0 Å². The first kappa shape index (κ1) is 13.1. The fourth-order valence-corrected chi connectivity index (χ4v) is 1.27. The largest absolute Gasteiger partial charge is 0.352 e. The fraction of sp³-hybridized carbons (Fsp3) is 0.364. The molecule has 0 atom stereocenters. The fourth-order valence-electron chi connectivity index (χ4n) is 1.27. The maximum absolute atomic E-state index is 13.0. The Labute approximate surface area is 97.8 Å². The molecule has 17 heavy (non-hydrogen) atoms. The van der Waals surface area contributed by atoms with Gasteiger partial charge in [0.1, 0.15) is 0 Å². The smallest absolute Gasteiger partial charge is 0.305 e. The Hall–Kier alpha value is -1.98. The van der Waals surface area contributed by atoms with Crippen molar-refractivity contribution in [2.75, 3.05) is 6.54 Å². The van der Waals surface area contributed by atoms with E-state index in [9.17, 15) is 19.3 Å². The molecule has 0 saturated carbocycles. The number of benzene rings is 1. The molecule has 0 radical (unpaired) electrons. The number of halogens is 1. The van der Waals surface area contributed by atoms with Crippen LogP contribution < -0.4 is 5.32 Å². The van der Waals surface area contributed by atoms with Crippen molar-refractivity contribution in [3.63, 3.8) is 0 Å². The number of carbonyl (C=O) groups is 1. The van der Waals surface area contributed by atoms with E-state index in [2.05, 4.69) is 5.32 Å². The van der Waals surface area contributed by atoms with Crippen LogP contribution in [0.4, 0.5) is 10.1 Å². The predicted molar refractivity (Wildman–Crippen MR) is 60.3 cm³/mol. The zero-order chi connectivity index (χ0) is 12.8. The SMILES string of the molecule is CCCCNC(=O)c1ccc(F)c([N+](=O)[O-])c1. The molecule has 0 aliphatic carbocycles. The van der Waals surface area contributed by atoms with Crippen LogP contribution in [0.2, 0.25) is 0 Å². The topological polar surface area (TPSA) is 72.2 Å². The summed E-state index contributed by atoms with van der Waals surface area (Å²) in [5.74, 6) is -1.37. The first-order valence-corrected chi connectivity index (χ1v) is 5.28. The van der Waals surface area contributed by atoms with Crippen molar-refractivity contribution in [2.24, 2.45) is 0 Å². The van der Waals surface area contributed by atoms with Crippen LogP contribution >= 0.6 is 0 Å². The molecule has 0 aromatic heterocycles. The second kappa shape index (κ2) is 5.93. The third kappa shape index (κ3) is 3.51. The van der Waals surface area contributed by atoms with Gasteiger partial charge in [0.15, 0.2) is 0 Å². The Morgan fingerprint density at radius 3 is 2.82 bits per heavy atom. The number of hydrogen-bond acceptors (Lipinski definition) is 3. The van der Waals surface area contributed by atoms with Gasteiger partial charge < -0.3 is 5.32 Å². The minimum Gasteiger partial charge on any atom is -0.352 e. The van der Waals surface area contributed by atoms with E-state index < -0.39 is 22.3 Å². The van der Waals surface area contributed by atoms with Gasteiger partial charge in [-0.2, -0.15) is 4.39 Å². The quantitative estimate of drug-likeness (QED) is 0.487. The van der Waals surface area contributed by atoms with Gasteiger partial charge in [-0.15, -0.1) is 0 Å². The van der Waals surface area contributed by atoms with Crippen LogP contribution in [0.3, 0.4) is 0 Å². The molecule has 0 aliphatic rings. The molecule has 0 unspecified atom stereocenters. The molecule has 1 amide bonds. The maximum atomic E-state index is 13.0. The highest BCUT2D eigenvalue weighted by molar-refractivity contribution is 5.94. The van der Waals surface area contributed by atoms with E-state index in [1.165, 1.54) is 6.07 Å². The summed E-state index contributed by atoms with van der Waals surface area (Å²) < 4.78 is 13.0. The minimum atomic E-state index is -0.944. The molecule has 5 nitrogen and oxygen atoms in total. The Bertz CT molecular complexity index is 435. The highest BCUT2D eigenvalue weighted by Gasteiger charge is 2.17. The number of nitrogens with zero attached hydrogens (tertiary/aromatic N) is 1. The number of hydrogen-bond donors (Lipinski definition) is 1. The van der Waals surface area contributed by atoms with Gasteiger partial charge in [0.05, 0.1) is 4.92 Å². The van der Waals surface area contributed by atoms with Crippen molar-refractivity contribution < 1.29 is 14.1 Å². The van der Waals surface area contributed by atoms with E-state index in [4.69, 9.17) is 0 Å². The van der Waals surface area contributed by atoms with Crippen molar-refractivity contribution in [2.45, 2.75) is 19.8 Å². The molecular formula is C11H13FN2O3. The molecule has 1 aromatic carbocycles. The highest BCUT2D eigenvalue weighted by Crippen LogP contribution is 2.18. The molecule has 0 aliphatic heterocycles. The third-order valence-electron chi connectivity index (χ3n) is 2.22. The average Bonchev–Trinajstić information content (AvgIpc) is 2.29. The molecule has 1 rings (SSSR count). The summed E-state index contributed by atoms with van der Waals surface area (Å²) in [6, 6.07) is 3.09. The lowest BCUT2D eigenvalue weighted by Gasteiger charge is -2.04. The van der Waals surface area contributed by atoms with Crippen molar-refractivity contribution >= 4 is 11.6 Å². The predicted octanol–water partition coefficient (Wildman–Crippen LogP) is 2.26. The lowest BCUT2D eigenvalue weighted by Crippen LogP contribution is -2.24. The van der Waals surface area contributed by atoms with E-state index in [1.54, 1.807) is 0 Å². The molecule has 92 valence electrons. The zero-order valence-electron chi connectivity index (χ0n) is 9.40. The van der Waals surface area contributed by atoms with Crippen LogP contribution in [-0.4, -0.2) is 17.4 Å². The number of carbonyl (C=O) groups excluding carboxylic acids is 1. The van der Waals surface area contributed by atoms with E-state index in [0.717, 1.165) is 25.0 Å². The van der Waals surface area contributed by atoms with Crippen LogP contribution in [0, 0.1) is 15.9 Å². The molecule has 0 spiro atoms. The number of nitro groups is 1. The Morgan fingerprint density at radius 1 is 1.53 bits per heavy atom. The number of unbranched alkanes of at least 4 members (excludes halogenated alkanes) is 1. The number of rotatable bonds is 5. The molecule has 1 aromatic rings. The van der Waals surface area contributed by atoms with Crippen LogP contribution in [0.1, 0.15) is 30.1 Å². The van der Waals surface area contributed by atoms with Crippen LogP contribution in [0.5, 0.6) is 0 Å². The first-order valence-electron chi connectivity index (χ1n) is 5.28. The zero-order valence-corrected chi connectivity index (χ0v) is 9.40. The summed E-state index contributed by atoms with van der Waals surface area (Å²) in [5, 5.41) is 13.1. The summed E-state index contributed by atoms with van der Waals surface area (Å²) in [6.07, 6.45) is 1.76. The van der Waals surface area contributed by atoms with Gasteiger partial charge in [0.2, 0.25) is 5.82 Å². The normalized spacial score (nSPS) is 10.0. The van der Waals surface area contributed by atoms with Gasteiger partial charge in [-0.05, 0) is 18.6 Å². The van der Waals surface area contributed by atoms with Gasteiger partial charge in [-0.25, -0.2) is 0 Å².